The molecule has 1 N–H and O–H groups in total. The summed E-state index contributed by atoms with van der Waals surface area (Å²) in [5.41, 5.74) is 0.208. The van der Waals surface area contributed by atoms with Crippen molar-refractivity contribution < 1.29 is 13.2 Å². The predicted octanol–water partition coefficient (Wildman–Crippen LogP) is 2.93. The van der Waals surface area contributed by atoms with Crippen molar-refractivity contribution >= 4 is 10.2 Å². The largest absolute Gasteiger partial charge is 0.373 e. The molecule has 6 heteroatoms. The van der Waals surface area contributed by atoms with Gasteiger partial charge in [0.15, 0.2) is 0 Å². The summed E-state index contributed by atoms with van der Waals surface area (Å²) in [5.74, 6) is 2.52. The van der Waals surface area contributed by atoms with Crippen LogP contribution in [0.25, 0.3) is 0 Å². The van der Waals surface area contributed by atoms with Gasteiger partial charge in [0.2, 0.25) is 0 Å². The molecule has 4 bridgehead atoms. The molecule has 5 rings (SSSR count). The van der Waals surface area contributed by atoms with Gasteiger partial charge in [-0.3, -0.25) is 0 Å². The van der Waals surface area contributed by atoms with E-state index in [-0.39, 0.29) is 23.7 Å². The first-order chi connectivity index (χ1) is 11.8. The maximum Gasteiger partial charge on any atom is 0.279 e. The standard InChI is InChI=1S/C19H34N2O3S/c1-4-18(19-8-15-5-16(9-19)7-17(6-15)10-19)20-25(22,23)21-11-13(2)24-14(3)12-21/h13-18,20H,4-12H2,1-3H3/t13-,14+,15?,16?,17?,18-,19?/m0/s1. The van der Waals surface area contributed by atoms with E-state index in [2.05, 4.69) is 11.6 Å². The van der Waals surface area contributed by atoms with E-state index in [0.717, 1.165) is 24.2 Å². The number of hydrogen-bond donors (Lipinski definition) is 1. The van der Waals surface area contributed by atoms with Crippen LogP contribution >= 0.6 is 0 Å². The second-order valence-electron chi connectivity index (χ2n) is 9.44. The number of ether oxygens (including phenoxy) is 1. The highest BCUT2D eigenvalue weighted by Crippen LogP contribution is 2.61. The van der Waals surface area contributed by atoms with Crippen molar-refractivity contribution in [1.29, 1.82) is 0 Å². The van der Waals surface area contributed by atoms with Crippen LogP contribution in [-0.2, 0) is 14.9 Å². The quantitative estimate of drug-likeness (QED) is 0.809. The van der Waals surface area contributed by atoms with Gasteiger partial charge in [0.1, 0.15) is 0 Å². The average Bonchev–Trinajstić information content (AvgIpc) is 2.50. The van der Waals surface area contributed by atoms with Crippen molar-refractivity contribution in [3.63, 3.8) is 0 Å². The highest BCUT2D eigenvalue weighted by atomic mass is 32.2. The van der Waals surface area contributed by atoms with Crippen molar-refractivity contribution in [2.75, 3.05) is 13.1 Å². The summed E-state index contributed by atoms with van der Waals surface area (Å²) in [6, 6.07) is 0.0827. The third-order valence-corrected chi connectivity index (χ3v) is 8.81. The van der Waals surface area contributed by atoms with Gasteiger partial charge < -0.3 is 4.74 Å². The Morgan fingerprint density at radius 1 is 1.04 bits per heavy atom. The molecule has 1 saturated heterocycles. The van der Waals surface area contributed by atoms with E-state index in [1.165, 1.54) is 38.5 Å². The Morgan fingerprint density at radius 3 is 1.96 bits per heavy atom. The predicted molar refractivity (Wildman–Crippen MR) is 98.3 cm³/mol. The molecule has 5 fully saturated rings. The first-order valence-electron chi connectivity index (χ1n) is 10.2. The molecule has 0 amide bonds. The summed E-state index contributed by atoms with van der Waals surface area (Å²) < 4.78 is 36.7. The lowest BCUT2D eigenvalue weighted by Crippen LogP contribution is -2.60. The molecule has 5 aliphatic rings. The molecule has 0 aromatic carbocycles. The maximum absolute atomic E-state index is 13.1. The van der Waals surface area contributed by atoms with Crippen LogP contribution in [0, 0.1) is 23.2 Å². The van der Waals surface area contributed by atoms with Gasteiger partial charge in [0.05, 0.1) is 12.2 Å². The summed E-state index contributed by atoms with van der Waals surface area (Å²) >= 11 is 0. The molecule has 0 unspecified atom stereocenters. The molecule has 25 heavy (non-hydrogen) atoms. The summed E-state index contributed by atoms with van der Waals surface area (Å²) in [6.07, 6.45) is 8.67. The highest BCUT2D eigenvalue weighted by Gasteiger charge is 2.54. The van der Waals surface area contributed by atoms with Crippen molar-refractivity contribution in [2.24, 2.45) is 23.2 Å². The molecule has 144 valence electrons. The van der Waals surface area contributed by atoms with Crippen LogP contribution in [-0.4, -0.2) is 44.1 Å². The second kappa shape index (κ2) is 6.47. The molecule has 4 aliphatic carbocycles. The third kappa shape index (κ3) is 3.40. The lowest BCUT2D eigenvalue weighted by Gasteiger charge is -2.59. The van der Waals surface area contributed by atoms with E-state index < -0.39 is 10.2 Å². The van der Waals surface area contributed by atoms with Crippen molar-refractivity contribution in [3.05, 3.63) is 0 Å². The topological polar surface area (TPSA) is 58.6 Å². The smallest absolute Gasteiger partial charge is 0.279 e. The van der Waals surface area contributed by atoms with Crippen molar-refractivity contribution in [1.82, 2.24) is 9.03 Å². The van der Waals surface area contributed by atoms with E-state index in [1.54, 1.807) is 4.31 Å². The van der Waals surface area contributed by atoms with Crippen LogP contribution in [0.4, 0.5) is 0 Å². The second-order valence-corrected chi connectivity index (χ2v) is 11.1. The van der Waals surface area contributed by atoms with Crippen LogP contribution in [0.1, 0.15) is 65.7 Å². The fourth-order valence-electron chi connectivity index (χ4n) is 6.83. The van der Waals surface area contributed by atoms with Gasteiger partial charge in [0.25, 0.3) is 10.2 Å². The zero-order valence-electron chi connectivity index (χ0n) is 15.9. The monoisotopic (exact) mass is 370 g/mol. The van der Waals surface area contributed by atoms with Crippen LogP contribution in [0.5, 0.6) is 0 Å². The van der Waals surface area contributed by atoms with E-state index in [0.29, 0.717) is 13.1 Å². The number of hydrogen-bond acceptors (Lipinski definition) is 3. The Bertz CT molecular complexity index is 561. The van der Waals surface area contributed by atoms with E-state index in [9.17, 15) is 8.42 Å². The van der Waals surface area contributed by atoms with Gasteiger partial charge in [-0.2, -0.15) is 17.4 Å². The molecule has 1 aliphatic heterocycles. The van der Waals surface area contributed by atoms with Gasteiger partial charge in [-0.15, -0.1) is 0 Å². The minimum Gasteiger partial charge on any atom is -0.373 e. The Balaban J connectivity index is 1.52. The summed E-state index contributed by atoms with van der Waals surface area (Å²) in [4.78, 5) is 0. The molecule has 5 nitrogen and oxygen atoms in total. The van der Waals surface area contributed by atoms with Gasteiger partial charge in [-0.25, -0.2) is 0 Å². The van der Waals surface area contributed by atoms with Gasteiger partial charge >= 0.3 is 0 Å². The molecular formula is C19H34N2O3S. The fourth-order valence-corrected chi connectivity index (χ4v) is 8.56. The lowest BCUT2D eigenvalue weighted by atomic mass is 9.47. The van der Waals surface area contributed by atoms with Gasteiger partial charge in [-0.05, 0) is 82.0 Å². The van der Waals surface area contributed by atoms with Crippen LogP contribution in [0.15, 0.2) is 0 Å². The lowest BCUT2D eigenvalue weighted by molar-refractivity contribution is -0.0714. The molecule has 0 radical (unpaired) electrons. The molecule has 0 aromatic heterocycles. The molecule has 3 atom stereocenters. The molecule has 0 spiro atoms. The Morgan fingerprint density at radius 2 is 1.52 bits per heavy atom. The maximum atomic E-state index is 13.1. The number of morpholine rings is 1. The highest BCUT2D eigenvalue weighted by molar-refractivity contribution is 7.87. The average molecular weight is 371 g/mol. The minimum absolute atomic E-state index is 0.0417. The summed E-state index contributed by atoms with van der Waals surface area (Å²) in [6.45, 7) is 6.97. The van der Waals surface area contributed by atoms with Crippen molar-refractivity contribution in [3.8, 4) is 0 Å². The molecular weight excluding hydrogens is 336 g/mol. The number of nitrogens with zero attached hydrogens (tertiary/aromatic N) is 1. The normalized spacial score (nSPS) is 45.6. The van der Waals surface area contributed by atoms with Crippen molar-refractivity contribution in [2.45, 2.75) is 84.0 Å². The molecule has 0 aromatic rings. The first kappa shape index (κ1) is 18.2. The van der Waals surface area contributed by atoms with Crippen LogP contribution in [0.2, 0.25) is 0 Å². The number of nitrogens with one attached hydrogen (secondary N) is 1. The zero-order chi connectivity index (χ0) is 17.8. The SMILES string of the molecule is CC[C@H](NS(=O)(=O)N1C[C@@H](C)O[C@@H](C)C1)C12CC3CC(CC(C3)C1)C2. The Labute approximate surface area is 153 Å². The first-order valence-corrected chi connectivity index (χ1v) is 11.7. The van der Waals surface area contributed by atoms with Crippen LogP contribution < -0.4 is 4.72 Å². The fraction of sp³-hybridized carbons (Fsp3) is 1.00. The third-order valence-electron chi connectivity index (χ3n) is 7.25. The summed E-state index contributed by atoms with van der Waals surface area (Å²) in [7, 11) is -3.45. The number of rotatable bonds is 5. The van der Waals surface area contributed by atoms with E-state index >= 15 is 0 Å². The van der Waals surface area contributed by atoms with E-state index in [4.69, 9.17) is 4.74 Å². The Kier molecular flexibility index (Phi) is 4.71. The molecule has 4 saturated carbocycles. The van der Waals surface area contributed by atoms with Gasteiger partial charge in [-0.1, -0.05) is 6.92 Å². The van der Waals surface area contributed by atoms with Crippen LogP contribution in [0.3, 0.4) is 0 Å². The minimum atomic E-state index is -3.45. The van der Waals surface area contributed by atoms with Gasteiger partial charge in [0, 0.05) is 19.1 Å². The summed E-state index contributed by atoms with van der Waals surface area (Å²) in [5, 5.41) is 0. The molecule has 1 heterocycles. The van der Waals surface area contributed by atoms with E-state index in [1.807, 2.05) is 13.8 Å². The zero-order valence-corrected chi connectivity index (χ0v) is 16.7. The Hall–Kier alpha value is -0.170.